The van der Waals surface area contributed by atoms with Gasteiger partial charge in [-0.2, -0.15) is 0 Å². The van der Waals surface area contributed by atoms with Gasteiger partial charge in [-0.15, -0.1) is 10.2 Å². The van der Waals surface area contributed by atoms with E-state index in [1.54, 1.807) is 34.9 Å². The molecular formula is C21H23FN4O4S. The zero-order chi connectivity index (χ0) is 22.4. The average Bonchev–Trinajstić information content (AvgIpc) is 3.20. The summed E-state index contributed by atoms with van der Waals surface area (Å²) in [6.07, 6.45) is 0. The van der Waals surface area contributed by atoms with Gasteiger partial charge in [-0.05, 0) is 31.2 Å². The van der Waals surface area contributed by atoms with Crippen molar-refractivity contribution in [3.63, 3.8) is 0 Å². The molecule has 0 spiro atoms. The van der Waals surface area contributed by atoms with Crippen molar-refractivity contribution in [2.45, 2.75) is 12.1 Å². The molecule has 0 aliphatic rings. The van der Waals surface area contributed by atoms with Crippen molar-refractivity contribution in [2.75, 3.05) is 33.6 Å². The SMILES string of the molecule is CCNC(=O)CSc1nnc(-c2cc(OC)c(OC)c(OC)c2)n1-c1ccccc1F. The van der Waals surface area contributed by atoms with E-state index in [2.05, 4.69) is 15.5 Å². The topological polar surface area (TPSA) is 87.5 Å². The molecular weight excluding hydrogens is 423 g/mol. The highest BCUT2D eigenvalue weighted by Crippen LogP contribution is 2.41. The van der Waals surface area contributed by atoms with Crippen LogP contribution in [-0.4, -0.2) is 54.3 Å². The van der Waals surface area contributed by atoms with Gasteiger partial charge in [0.2, 0.25) is 11.7 Å². The molecule has 0 unspecified atom stereocenters. The second-order valence-corrected chi connectivity index (χ2v) is 7.19. The van der Waals surface area contributed by atoms with Crippen molar-refractivity contribution < 1.29 is 23.4 Å². The van der Waals surface area contributed by atoms with E-state index in [9.17, 15) is 9.18 Å². The maximum absolute atomic E-state index is 14.7. The molecule has 31 heavy (non-hydrogen) atoms. The Morgan fingerprint density at radius 2 is 1.77 bits per heavy atom. The Bertz CT molecular complexity index is 1050. The summed E-state index contributed by atoms with van der Waals surface area (Å²) in [5.74, 6) is 1.17. The summed E-state index contributed by atoms with van der Waals surface area (Å²) in [6, 6.07) is 9.71. The Kier molecular flexibility index (Phi) is 7.35. The second-order valence-electron chi connectivity index (χ2n) is 6.25. The van der Waals surface area contributed by atoms with Gasteiger partial charge in [-0.3, -0.25) is 9.36 Å². The van der Waals surface area contributed by atoms with Crippen LogP contribution in [0.2, 0.25) is 0 Å². The van der Waals surface area contributed by atoms with Crippen LogP contribution in [0.4, 0.5) is 4.39 Å². The molecule has 1 amide bonds. The predicted molar refractivity (Wildman–Crippen MR) is 116 cm³/mol. The van der Waals surface area contributed by atoms with Crippen LogP contribution in [0.25, 0.3) is 17.1 Å². The number of thioether (sulfide) groups is 1. The number of nitrogens with zero attached hydrogens (tertiary/aromatic N) is 3. The lowest BCUT2D eigenvalue weighted by atomic mass is 10.1. The number of carbonyl (C=O) groups is 1. The summed E-state index contributed by atoms with van der Waals surface area (Å²) in [4.78, 5) is 11.9. The summed E-state index contributed by atoms with van der Waals surface area (Å²) >= 11 is 1.17. The first-order valence-corrected chi connectivity index (χ1v) is 10.4. The minimum absolute atomic E-state index is 0.121. The number of aromatic nitrogens is 3. The maximum atomic E-state index is 14.7. The molecule has 3 rings (SSSR count). The fourth-order valence-electron chi connectivity index (χ4n) is 2.99. The monoisotopic (exact) mass is 446 g/mol. The fraction of sp³-hybridized carbons (Fsp3) is 0.286. The molecule has 1 heterocycles. The molecule has 1 N–H and O–H groups in total. The predicted octanol–water partition coefficient (Wildman–Crippen LogP) is 3.33. The van der Waals surface area contributed by atoms with E-state index in [4.69, 9.17) is 14.2 Å². The van der Waals surface area contributed by atoms with Gasteiger partial charge in [0.05, 0.1) is 32.8 Å². The van der Waals surface area contributed by atoms with Crippen LogP contribution in [-0.2, 0) is 4.79 Å². The smallest absolute Gasteiger partial charge is 0.230 e. The van der Waals surface area contributed by atoms with Gasteiger partial charge in [0.1, 0.15) is 5.82 Å². The lowest BCUT2D eigenvalue weighted by Gasteiger charge is -2.15. The number of nitrogens with one attached hydrogen (secondary N) is 1. The molecule has 8 nitrogen and oxygen atoms in total. The molecule has 0 atom stereocenters. The second kappa shape index (κ2) is 10.2. The van der Waals surface area contributed by atoms with Gasteiger partial charge in [-0.25, -0.2) is 4.39 Å². The number of hydrogen-bond donors (Lipinski definition) is 1. The van der Waals surface area contributed by atoms with Crippen molar-refractivity contribution in [1.29, 1.82) is 0 Å². The Balaban J connectivity index is 2.15. The van der Waals surface area contributed by atoms with Gasteiger partial charge in [-0.1, -0.05) is 23.9 Å². The number of ether oxygens (including phenoxy) is 3. The summed E-state index contributed by atoms with van der Waals surface area (Å²) in [7, 11) is 4.53. The van der Waals surface area contributed by atoms with Crippen LogP contribution in [0.3, 0.4) is 0 Å². The summed E-state index contributed by atoms with van der Waals surface area (Å²) in [6.45, 7) is 2.36. The summed E-state index contributed by atoms with van der Waals surface area (Å²) < 4.78 is 32.5. The standard InChI is InChI=1S/C21H23FN4O4S/c1-5-23-18(27)12-31-21-25-24-20(26(21)15-9-7-6-8-14(15)22)13-10-16(28-2)19(30-4)17(11-13)29-3/h6-11H,5,12H2,1-4H3,(H,23,27). The molecule has 2 aromatic carbocycles. The molecule has 10 heteroatoms. The van der Waals surface area contributed by atoms with Crippen molar-refractivity contribution in [3.8, 4) is 34.3 Å². The summed E-state index contributed by atoms with van der Waals surface area (Å²) in [5.41, 5.74) is 0.838. The Hall–Kier alpha value is -3.27. The summed E-state index contributed by atoms with van der Waals surface area (Å²) in [5, 5.41) is 11.6. The minimum Gasteiger partial charge on any atom is -0.493 e. The molecule has 0 bridgehead atoms. The van der Waals surface area contributed by atoms with Crippen LogP contribution in [0.15, 0.2) is 41.6 Å². The van der Waals surface area contributed by atoms with Crippen LogP contribution < -0.4 is 19.5 Å². The molecule has 1 aromatic heterocycles. The van der Waals surface area contributed by atoms with Crippen molar-refractivity contribution in [1.82, 2.24) is 20.1 Å². The van der Waals surface area contributed by atoms with Gasteiger partial charge < -0.3 is 19.5 Å². The number of carbonyl (C=O) groups excluding carboxylic acids is 1. The van der Waals surface area contributed by atoms with E-state index in [0.29, 0.717) is 40.3 Å². The molecule has 164 valence electrons. The quantitative estimate of drug-likeness (QED) is 0.505. The fourth-order valence-corrected chi connectivity index (χ4v) is 3.76. The molecule has 0 aliphatic carbocycles. The van der Waals surface area contributed by atoms with Crippen LogP contribution in [0.5, 0.6) is 17.2 Å². The van der Waals surface area contributed by atoms with Gasteiger partial charge in [0.25, 0.3) is 0 Å². The van der Waals surface area contributed by atoms with Crippen molar-refractivity contribution in [2.24, 2.45) is 0 Å². The number of hydrogen-bond acceptors (Lipinski definition) is 7. The maximum Gasteiger partial charge on any atom is 0.230 e. The number of benzene rings is 2. The third-order valence-corrected chi connectivity index (χ3v) is 5.28. The first-order chi connectivity index (χ1) is 15.0. The largest absolute Gasteiger partial charge is 0.493 e. The van der Waals surface area contributed by atoms with E-state index in [-0.39, 0.29) is 17.3 Å². The normalized spacial score (nSPS) is 10.6. The Labute approximate surface area is 183 Å². The average molecular weight is 447 g/mol. The van der Waals surface area contributed by atoms with E-state index < -0.39 is 5.82 Å². The van der Waals surface area contributed by atoms with E-state index in [1.165, 1.54) is 39.2 Å². The third kappa shape index (κ3) is 4.74. The number of amides is 1. The molecule has 0 saturated carbocycles. The first kappa shape index (κ1) is 22.4. The molecule has 0 aliphatic heterocycles. The van der Waals surface area contributed by atoms with Crippen molar-refractivity contribution >= 4 is 17.7 Å². The Morgan fingerprint density at radius 1 is 1.10 bits per heavy atom. The zero-order valence-corrected chi connectivity index (χ0v) is 18.5. The van der Waals surface area contributed by atoms with Gasteiger partial charge >= 0.3 is 0 Å². The molecule has 0 saturated heterocycles. The highest BCUT2D eigenvalue weighted by atomic mass is 32.2. The third-order valence-electron chi connectivity index (χ3n) is 4.36. The van der Waals surface area contributed by atoms with Crippen molar-refractivity contribution in [3.05, 3.63) is 42.2 Å². The van der Waals surface area contributed by atoms with Crippen LogP contribution in [0.1, 0.15) is 6.92 Å². The molecule has 0 radical (unpaired) electrons. The zero-order valence-electron chi connectivity index (χ0n) is 17.6. The number of para-hydroxylation sites is 1. The highest BCUT2D eigenvalue weighted by Gasteiger charge is 2.22. The van der Waals surface area contributed by atoms with E-state index >= 15 is 0 Å². The Morgan fingerprint density at radius 3 is 2.35 bits per heavy atom. The van der Waals surface area contributed by atoms with Crippen LogP contribution in [0, 0.1) is 5.82 Å². The number of rotatable bonds is 9. The first-order valence-electron chi connectivity index (χ1n) is 9.44. The molecule has 0 fully saturated rings. The number of halogens is 1. The lowest BCUT2D eigenvalue weighted by Crippen LogP contribution is -2.24. The molecule has 3 aromatic rings. The van der Waals surface area contributed by atoms with Gasteiger partial charge in [0, 0.05) is 12.1 Å². The lowest BCUT2D eigenvalue weighted by molar-refractivity contribution is -0.118. The number of methoxy groups -OCH3 is 3. The highest BCUT2D eigenvalue weighted by molar-refractivity contribution is 7.99. The van der Waals surface area contributed by atoms with E-state index in [0.717, 1.165) is 0 Å². The van der Waals surface area contributed by atoms with Gasteiger partial charge in [0.15, 0.2) is 22.5 Å². The van der Waals surface area contributed by atoms with Crippen LogP contribution >= 0.6 is 11.8 Å². The minimum atomic E-state index is -0.448. The van der Waals surface area contributed by atoms with E-state index in [1.807, 2.05) is 6.92 Å².